The van der Waals surface area contributed by atoms with Crippen molar-refractivity contribution in [3.63, 3.8) is 0 Å². The first-order chi connectivity index (χ1) is 16.2. The minimum absolute atomic E-state index is 0.114. The second-order valence-electron chi connectivity index (χ2n) is 8.86. The van der Waals surface area contributed by atoms with Crippen LogP contribution in [-0.2, 0) is 21.1 Å². The van der Waals surface area contributed by atoms with Gasteiger partial charge in [0.2, 0.25) is 5.91 Å². The van der Waals surface area contributed by atoms with Crippen LogP contribution < -0.4 is 0 Å². The molecule has 0 aliphatic carbocycles. The van der Waals surface area contributed by atoms with E-state index in [4.69, 9.17) is 0 Å². The summed E-state index contributed by atoms with van der Waals surface area (Å²) >= 11 is 0. The number of carbonyl (C=O) groups is 3. The Morgan fingerprint density at radius 3 is 2.00 bits per heavy atom. The number of rotatable bonds is 8. The van der Waals surface area contributed by atoms with Crippen molar-refractivity contribution >= 4 is 27.6 Å². The number of nitrogens with zero attached hydrogens (tertiary/aromatic N) is 3. The van der Waals surface area contributed by atoms with Crippen molar-refractivity contribution in [1.82, 2.24) is 14.7 Å². The molecule has 0 radical (unpaired) electrons. The molecule has 2 aliphatic heterocycles. The lowest BCUT2D eigenvalue weighted by Crippen LogP contribution is -2.56. The van der Waals surface area contributed by atoms with E-state index in [1.165, 1.54) is 5.56 Å². The van der Waals surface area contributed by atoms with Crippen molar-refractivity contribution < 1.29 is 22.8 Å². The molecule has 1 fully saturated rings. The third-order valence-corrected chi connectivity index (χ3v) is 7.41. The molecule has 2 aromatic carbocycles. The van der Waals surface area contributed by atoms with Crippen LogP contribution in [0.15, 0.2) is 54.6 Å². The molecule has 34 heavy (non-hydrogen) atoms. The molecule has 0 N–H and O–H groups in total. The van der Waals surface area contributed by atoms with E-state index in [1.807, 2.05) is 18.2 Å². The van der Waals surface area contributed by atoms with Crippen LogP contribution in [0.3, 0.4) is 0 Å². The van der Waals surface area contributed by atoms with Crippen molar-refractivity contribution in [2.75, 3.05) is 44.7 Å². The van der Waals surface area contributed by atoms with Gasteiger partial charge < -0.3 is 4.90 Å². The van der Waals surface area contributed by atoms with Crippen molar-refractivity contribution in [2.45, 2.75) is 18.9 Å². The summed E-state index contributed by atoms with van der Waals surface area (Å²) < 4.78 is 23.7. The molecule has 1 saturated heterocycles. The Bertz CT molecular complexity index is 1140. The third-order valence-electron chi connectivity index (χ3n) is 6.43. The van der Waals surface area contributed by atoms with Gasteiger partial charge in [0.05, 0.1) is 16.9 Å². The van der Waals surface area contributed by atoms with Crippen LogP contribution >= 0.6 is 0 Å². The summed E-state index contributed by atoms with van der Waals surface area (Å²) in [5.74, 6) is -1.75. The number of carbonyl (C=O) groups excluding carboxylic acids is 3. The van der Waals surface area contributed by atoms with Gasteiger partial charge in [0.1, 0.15) is 15.9 Å². The molecule has 2 aliphatic rings. The maximum absolute atomic E-state index is 13.5. The fourth-order valence-electron chi connectivity index (χ4n) is 4.51. The van der Waals surface area contributed by atoms with Gasteiger partial charge in [-0.15, -0.1) is 0 Å². The van der Waals surface area contributed by atoms with E-state index in [0.29, 0.717) is 26.2 Å². The van der Waals surface area contributed by atoms with Gasteiger partial charge in [0.25, 0.3) is 11.8 Å². The lowest BCUT2D eigenvalue weighted by Gasteiger charge is -2.37. The van der Waals surface area contributed by atoms with E-state index in [-0.39, 0.29) is 29.2 Å². The fraction of sp³-hybridized carbons (Fsp3) is 0.400. The zero-order valence-corrected chi connectivity index (χ0v) is 20.0. The molecule has 0 spiro atoms. The molecule has 0 aromatic heterocycles. The minimum atomic E-state index is -3.39. The number of benzene rings is 2. The van der Waals surface area contributed by atoms with Crippen LogP contribution in [0.4, 0.5) is 0 Å². The van der Waals surface area contributed by atoms with Gasteiger partial charge in [0, 0.05) is 39.0 Å². The fourth-order valence-corrected chi connectivity index (χ4v) is 5.17. The second-order valence-corrected chi connectivity index (χ2v) is 11.1. The Kier molecular flexibility index (Phi) is 7.13. The van der Waals surface area contributed by atoms with Crippen LogP contribution in [-0.4, -0.2) is 91.6 Å². The van der Waals surface area contributed by atoms with Gasteiger partial charge in [-0.2, -0.15) is 0 Å². The predicted octanol–water partition coefficient (Wildman–Crippen LogP) is 1.47. The third kappa shape index (κ3) is 5.37. The highest BCUT2D eigenvalue weighted by Crippen LogP contribution is 2.27. The topological polar surface area (TPSA) is 95.1 Å². The van der Waals surface area contributed by atoms with Gasteiger partial charge >= 0.3 is 0 Å². The lowest BCUT2D eigenvalue weighted by molar-refractivity contribution is -0.137. The number of fused-ring (bicyclic) bond motifs is 1. The number of hydrogen-bond acceptors (Lipinski definition) is 6. The predicted molar refractivity (Wildman–Crippen MR) is 128 cm³/mol. The quantitative estimate of drug-likeness (QED) is 0.528. The molecule has 0 bridgehead atoms. The first kappa shape index (κ1) is 24.1. The monoisotopic (exact) mass is 483 g/mol. The number of imide groups is 1. The van der Waals surface area contributed by atoms with Crippen molar-refractivity contribution in [1.29, 1.82) is 0 Å². The zero-order valence-electron chi connectivity index (χ0n) is 19.2. The Balaban J connectivity index is 1.44. The molecule has 9 heteroatoms. The molecule has 3 amide bonds. The second kappa shape index (κ2) is 10.1. The largest absolute Gasteiger partial charge is 0.338 e. The van der Waals surface area contributed by atoms with Gasteiger partial charge in [-0.05, 0) is 30.5 Å². The summed E-state index contributed by atoms with van der Waals surface area (Å²) in [6.45, 7) is 3.17. The highest BCUT2D eigenvalue weighted by atomic mass is 32.2. The average molecular weight is 484 g/mol. The van der Waals surface area contributed by atoms with Gasteiger partial charge in [0.15, 0.2) is 0 Å². The van der Waals surface area contributed by atoms with Crippen molar-refractivity contribution in [3.8, 4) is 0 Å². The summed E-state index contributed by atoms with van der Waals surface area (Å²) in [6.07, 6.45) is 1.89. The smallest absolute Gasteiger partial charge is 0.262 e. The van der Waals surface area contributed by atoms with Crippen molar-refractivity contribution in [2.24, 2.45) is 0 Å². The SMILES string of the molecule is CS(=O)(=O)CC[C@H](C(=O)N1CCN(CCc2ccccc2)CC1)N1C(=O)c2ccccc2C1=O. The van der Waals surface area contributed by atoms with E-state index in [2.05, 4.69) is 17.0 Å². The highest BCUT2D eigenvalue weighted by Gasteiger charge is 2.44. The van der Waals surface area contributed by atoms with Crippen LogP contribution in [0.5, 0.6) is 0 Å². The first-order valence-electron chi connectivity index (χ1n) is 11.4. The van der Waals surface area contributed by atoms with E-state index >= 15 is 0 Å². The van der Waals surface area contributed by atoms with E-state index < -0.39 is 27.7 Å². The van der Waals surface area contributed by atoms with Gasteiger partial charge in [-0.3, -0.25) is 24.2 Å². The molecule has 2 aromatic rings. The maximum atomic E-state index is 13.5. The lowest BCUT2D eigenvalue weighted by atomic mass is 10.1. The summed E-state index contributed by atoms with van der Waals surface area (Å²) in [7, 11) is -3.39. The summed E-state index contributed by atoms with van der Waals surface area (Å²) in [5, 5.41) is 0. The number of hydrogen-bond donors (Lipinski definition) is 0. The Labute approximate surface area is 200 Å². The van der Waals surface area contributed by atoms with Crippen molar-refractivity contribution in [3.05, 3.63) is 71.3 Å². The Morgan fingerprint density at radius 1 is 0.882 bits per heavy atom. The molecule has 1 atom stereocenters. The number of piperazine rings is 1. The normalized spacial score (nSPS) is 17.7. The van der Waals surface area contributed by atoms with Gasteiger partial charge in [-0.25, -0.2) is 8.42 Å². The molecule has 0 unspecified atom stereocenters. The Hall–Kier alpha value is -3.04. The molecule has 4 rings (SSSR count). The molecular formula is C25H29N3O5S. The average Bonchev–Trinajstić information content (AvgIpc) is 3.08. The molecular weight excluding hydrogens is 454 g/mol. The minimum Gasteiger partial charge on any atom is -0.338 e. The first-order valence-corrected chi connectivity index (χ1v) is 13.5. The standard InChI is InChI=1S/C25H29N3O5S/c1-34(32,33)18-12-22(28-23(29)20-9-5-6-10-21(20)24(28)30)25(31)27-16-14-26(15-17-27)13-11-19-7-3-2-4-8-19/h2-10,22H,11-18H2,1H3/t22-/m1/s1. The van der Waals surface area contributed by atoms with E-state index in [0.717, 1.165) is 24.1 Å². The van der Waals surface area contributed by atoms with Crippen LogP contribution in [0.2, 0.25) is 0 Å². The molecule has 0 saturated carbocycles. The summed E-state index contributed by atoms with van der Waals surface area (Å²) in [6, 6.07) is 15.5. The van der Waals surface area contributed by atoms with E-state index in [9.17, 15) is 22.8 Å². The molecule has 2 heterocycles. The van der Waals surface area contributed by atoms with Crippen LogP contribution in [0.25, 0.3) is 0 Å². The Morgan fingerprint density at radius 2 is 1.44 bits per heavy atom. The highest BCUT2D eigenvalue weighted by molar-refractivity contribution is 7.90. The maximum Gasteiger partial charge on any atom is 0.262 e. The summed E-state index contributed by atoms with van der Waals surface area (Å²) in [4.78, 5) is 44.4. The number of sulfone groups is 1. The van der Waals surface area contributed by atoms with Gasteiger partial charge in [-0.1, -0.05) is 42.5 Å². The molecule has 8 nitrogen and oxygen atoms in total. The number of amides is 3. The molecule has 180 valence electrons. The van der Waals surface area contributed by atoms with E-state index in [1.54, 1.807) is 29.2 Å². The zero-order chi connectivity index (χ0) is 24.3. The summed E-state index contributed by atoms with van der Waals surface area (Å²) in [5.41, 5.74) is 1.75. The van der Waals surface area contributed by atoms with Crippen LogP contribution in [0, 0.1) is 0 Å². The van der Waals surface area contributed by atoms with Crippen LogP contribution in [0.1, 0.15) is 32.7 Å².